The fourth-order valence-electron chi connectivity index (χ4n) is 4.27. The first-order valence-electron chi connectivity index (χ1n) is 8.64. The minimum absolute atomic E-state index is 0.236. The lowest BCUT2D eigenvalue weighted by molar-refractivity contribution is -0.125. The summed E-state index contributed by atoms with van der Waals surface area (Å²) in [5.74, 6) is -2.26. The third-order valence-corrected chi connectivity index (χ3v) is 5.62. The van der Waals surface area contributed by atoms with Crippen LogP contribution in [0, 0.1) is 11.6 Å². The third-order valence-electron chi connectivity index (χ3n) is 5.62. The molecule has 1 aromatic heterocycles. The minimum Gasteiger partial charge on any atom is -0.356 e. The highest BCUT2D eigenvalue weighted by Crippen LogP contribution is 2.45. The molecular weight excluding hydrogens is 352 g/mol. The van der Waals surface area contributed by atoms with Crippen molar-refractivity contribution in [3.05, 3.63) is 65.4 Å². The molecule has 3 amide bonds. The maximum atomic E-state index is 14.3. The summed E-state index contributed by atoms with van der Waals surface area (Å²) < 4.78 is 27.6. The van der Waals surface area contributed by atoms with Crippen LogP contribution in [0.1, 0.15) is 18.2 Å². The van der Waals surface area contributed by atoms with Crippen molar-refractivity contribution >= 4 is 28.5 Å². The van der Waals surface area contributed by atoms with Crippen molar-refractivity contribution < 1.29 is 18.4 Å². The number of H-pyrrole nitrogens is 1. The fraction of sp³-hybridized carbons (Fsp3) is 0.200. The molecule has 2 aliphatic heterocycles. The molecule has 0 aliphatic carbocycles. The van der Waals surface area contributed by atoms with Gasteiger partial charge in [0.25, 0.3) is 5.91 Å². The Morgan fingerprint density at radius 3 is 2.67 bits per heavy atom. The zero-order chi connectivity index (χ0) is 18.9. The van der Waals surface area contributed by atoms with Crippen LogP contribution >= 0.6 is 0 Å². The lowest BCUT2D eigenvalue weighted by Crippen LogP contribution is -2.49. The van der Waals surface area contributed by atoms with Gasteiger partial charge < -0.3 is 9.88 Å². The number of hydrogen-bond acceptors (Lipinski definition) is 2. The van der Waals surface area contributed by atoms with E-state index < -0.39 is 29.1 Å². The number of carbonyl (C=O) groups is 2. The number of para-hydroxylation sites is 1. The van der Waals surface area contributed by atoms with Crippen LogP contribution in [0.15, 0.2) is 42.5 Å². The first-order chi connectivity index (χ1) is 12.9. The Bertz CT molecular complexity index is 1140. The van der Waals surface area contributed by atoms with Gasteiger partial charge in [0.2, 0.25) is 0 Å². The van der Waals surface area contributed by atoms with E-state index in [9.17, 15) is 18.4 Å². The number of urea groups is 1. The molecule has 0 saturated carbocycles. The molecule has 27 heavy (non-hydrogen) atoms. The van der Waals surface area contributed by atoms with E-state index in [1.807, 2.05) is 24.3 Å². The summed E-state index contributed by atoms with van der Waals surface area (Å²) in [6.45, 7) is 2.01. The zero-order valence-electron chi connectivity index (χ0n) is 14.4. The third kappa shape index (κ3) is 1.91. The predicted molar refractivity (Wildman–Crippen MR) is 95.3 cm³/mol. The van der Waals surface area contributed by atoms with Crippen molar-refractivity contribution in [1.82, 2.24) is 9.88 Å². The average molecular weight is 367 g/mol. The van der Waals surface area contributed by atoms with E-state index >= 15 is 0 Å². The normalized spacial score (nSPS) is 21.7. The van der Waals surface area contributed by atoms with Gasteiger partial charge in [0, 0.05) is 23.5 Å². The number of benzene rings is 2. The predicted octanol–water partition coefficient (Wildman–Crippen LogP) is 3.69. The van der Waals surface area contributed by atoms with E-state index in [2.05, 4.69) is 4.98 Å². The van der Waals surface area contributed by atoms with Crippen LogP contribution in [0.3, 0.4) is 0 Å². The Hall–Kier alpha value is -3.22. The molecule has 1 fully saturated rings. The van der Waals surface area contributed by atoms with Gasteiger partial charge >= 0.3 is 6.03 Å². The number of fused-ring (bicyclic) bond motifs is 5. The Morgan fingerprint density at radius 2 is 1.89 bits per heavy atom. The Kier molecular flexibility index (Phi) is 3.05. The SMILES string of the molecule is CC12C(=O)N(c3ccc(F)cc3F)C(=O)N1CCc1c2[nH]c2ccccc12. The van der Waals surface area contributed by atoms with E-state index in [0.29, 0.717) is 24.7 Å². The molecule has 0 bridgehead atoms. The van der Waals surface area contributed by atoms with Crippen molar-refractivity contribution in [3.8, 4) is 0 Å². The average Bonchev–Trinajstić information content (AvgIpc) is 3.11. The Balaban J connectivity index is 1.70. The van der Waals surface area contributed by atoms with Crippen LogP contribution in [0.5, 0.6) is 0 Å². The molecule has 1 unspecified atom stereocenters. The molecule has 0 radical (unpaired) electrons. The van der Waals surface area contributed by atoms with Gasteiger partial charge in [0.1, 0.15) is 11.6 Å². The molecule has 0 spiro atoms. The summed E-state index contributed by atoms with van der Waals surface area (Å²) in [5.41, 5.74) is 1.03. The van der Waals surface area contributed by atoms with Crippen molar-refractivity contribution in [2.75, 3.05) is 11.4 Å². The highest BCUT2D eigenvalue weighted by molar-refractivity contribution is 6.23. The number of imide groups is 1. The molecule has 2 aliphatic rings. The van der Waals surface area contributed by atoms with Crippen LogP contribution in [-0.4, -0.2) is 28.4 Å². The maximum Gasteiger partial charge on any atom is 0.332 e. The number of carbonyl (C=O) groups excluding carboxylic acids is 2. The molecule has 7 heteroatoms. The standard InChI is InChI=1S/C20H15F2N3O2/c1-20-17-13(12-4-2-3-5-15(12)23-17)8-9-24(20)19(27)25(18(20)26)16-7-6-11(21)10-14(16)22/h2-7,10,23H,8-9H2,1H3. The van der Waals surface area contributed by atoms with E-state index in [4.69, 9.17) is 0 Å². The highest BCUT2D eigenvalue weighted by atomic mass is 19.1. The summed E-state index contributed by atoms with van der Waals surface area (Å²) in [6.07, 6.45) is 0.591. The van der Waals surface area contributed by atoms with Crippen LogP contribution in [0.4, 0.5) is 19.3 Å². The second-order valence-corrected chi connectivity index (χ2v) is 7.02. The maximum absolute atomic E-state index is 14.3. The zero-order valence-corrected chi connectivity index (χ0v) is 14.4. The molecule has 1 saturated heterocycles. The van der Waals surface area contributed by atoms with Crippen LogP contribution in [-0.2, 0) is 16.8 Å². The first kappa shape index (κ1) is 16.0. The van der Waals surface area contributed by atoms with E-state index in [0.717, 1.165) is 33.5 Å². The van der Waals surface area contributed by atoms with Gasteiger partial charge in [-0.25, -0.2) is 18.5 Å². The van der Waals surface area contributed by atoms with Gasteiger partial charge in [0.15, 0.2) is 5.54 Å². The molecule has 3 heterocycles. The summed E-state index contributed by atoms with van der Waals surface area (Å²) >= 11 is 0. The number of aromatic amines is 1. The van der Waals surface area contributed by atoms with Crippen LogP contribution in [0.2, 0.25) is 0 Å². The summed E-state index contributed by atoms with van der Waals surface area (Å²) in [7, 11) is 0. The lowest BCUT2D eigenvalue weighted by atomic mass is 9.87. The summed E-state index contributed by atoms with van der Waals surface area (Å²) in [4.78, 5) is 31.9. The largest absolute Gasteiger partial charge is 0.356 e. The summed E-state index contributed by atoms with van der Waals surface area (Å²) in [6, 6.07) is 9.93. The van der Waals surface area contributed by atoms with Gasteiger partial charge in [-0.1, -0.05) is 18.2 Å². The van der Waals surface area contributed by atoms with Crippen LogP contribution in [0.25, 0.3) is 10.9 Å². The first-order valence-corrected chi connectivity index (χ1v) is 8.64. The summed E-state index contributed by atoms with van der Waals surface area (Å²) in [5, 5.41) is 1.01. The fourth-order valence-corrected chi connectivity index (χ4v) is 4.27. The number of amides is 3. The Labute approximate surface area is 153 Å². The topological polar surface area (TPSA) is 56.4 Å². The minimum atomic E-state index is -1.26. The molecule has 1 atom stereocenters. The number of rotatable bonds is 1. The smallest absolute Gasteiger partial charge is 0.332 e. The molecule has 5 nitrogen and oxygen atoms in total. The quantitative estimate of drug-likeness (QED) is 0.667. The van der Waals surface area contributed by atoms with Crippen LogP contribution < -0.4 is 4.90 Å². The molecule has 2 aromatic carbocycles. The molecule has 5 rings (SSSR count). The number of nitrogens with zero attached hydrogens (tertiary/aromatic N) is 2. The van der Waals surface area contributed by atoms with Crippen molar-refractivity contribution in [1.29, 1.82) is 0 Å². The number of aromatic nitrogens is 1. The molecule has 1 N–H and O–H groups in total. The lowest BCUT2D eigenvalue weighted by Gasteiger charge is -2.35. The van der Waals surface area contributed by atoms with Gasteiger partial charge in [-0.3, -0.25) is 4.79 Å². The molecule has 136 valence electrons. The Morgan fingerprint density at radius 1 is 1.11 bits per heavy atom. The van der Waals surface area contributed by atoms with Gasteiger partial charge in [0.05, 0.1) is 11.4 Å². The van der Waals surface area contributed by atoms with Gasteiger partial charge in [-0.05, 0) is 37.1 Å². The number of hydrogen-bond donors (Lipinski definition) is 1. The van der Waals surface area contributed by atoms with E-state index in [1.165, 1.54) is 4.90 Å². The van der Waals surface area contributed by atoms with Gasteiger partial charge in [-0.2, -0.15) is 0 Å². The van der Waals surface area contributed by atoms with E-state index in [-0.39, 0.29) is 5.69 Å². The van der Waals surface area contributed by atoms with Crippen molar-refractivity contribution in [3.63, 3.8) is 0 Å². The van der Waals surface area contributed by atoms with Crippen molar-refractivity contribution in [2.45, 2.75) is 18.9 Å². The molecule has 3 aromatic rings. The van der Waals surface area contributed by atoms with E-state index in [1.54, 1.807) is 6.92 Å². The molecular formula is C20H15F2N3O2. The second kappa shape index (κ2) is 5.16. The van der Waals surface area contributed by atoms with Gasteiger partial charge in [-0.15, -0.1) is 0 Å². The monoisotopic (exact) mass is 367 g/mol. The highest BCUT2D eigenvalue weighted by Gasteiger charge is 2.59. The number of halogens is 2. The second-order valence-electron chi connectivity index (χ2n) is 7.02. The number of anilines is 1. The number of nitrogens with one attached hydrogen (secondary N) is 1. The van der Waals surface area contributed by atoms with Crippen molar-refractivity contribution in [2.24, 2.45) is 0 Å².